The number of hydrogen-bond donors (Lipinski definition) is 2. The van der Waals surface area contributed by atoms with Crippen molar-refractivity contribution in [2.45, 2.75) is 19.9 Å². The predicted octanol–water partition coefficient (Wildman–Crippen LogP) is 4.69. The van der Waals surface area contributed by atoms with Crippen LogP contribution in [0.25, 0.3) is 0 Å². The first-order chi connectivity index (χ1) is 14.7. The molecule has 2 amide bonds. The molecule has 3 N–H and O–H groups in total. The van der Waals surface area contributed by atoms with E-state index in [1.165, 1.54) is 13.0 Å². The van der Waals surface area contributed by atoms with Gasteiger partial charge in [-0.05, 0) is 69.6 Å². The Morgan fingerprint density at radius 1 is 1.06 bits per heavy atom. The number of primary amides is 1. The third-order valence-electron chi connectivity index (χ3n) is 4.46. The van der Waals surface area contributed by atoms with Gasteiger partial charge in [-0.1, -0.05) is 18.2 Å². The molecule has 0 bridgehead atoms. The SMILES string of the molecule is CC(=O)NCc1cccc(Oc2cc(F)cc(Cc3ccc(I)cc3F)c2C(N)=O)c1. The first kappa shape index (κ1) is 22.7. The van der Waals surface area contributed by atoms with Gasteiger partial charge in [-0.2, -0.15) is 0 Å². The second kappa shape index (κ2) is 9.86. The Balaban J connectivity index is 1.96. The van der Waals surface area contributed by atoms with Gasteiger partial charge in [0.1, 0.15) is 23.1 Å². The molecule has 160 valence electrons. The minimum absolute atomic E-state index is 0.0217. The van der Waals surface area contributed by atoms with Gasteiger partial charge in [0.15, 0.2) is 0 Å². The van der Waals surface area contributed by atoms with Crippen LogP contribution in [0.1, 0.15) is 34.0 Å². The van der Waals surface area contributed by atoms with Crippen LogP contribution in [0.5, 0.6) is 11.5 Å². The van der Waals surface area contributed by atoms with Crippen LogP contribution in [0.2, 0.25) is 0 Å². The second-order valence-electron chi connectivity index (χ2n) is 6.87. The van der Waals surface area contributed by atoms with E-state index in [4.69, 9.17) is 10.5 Å². The fraction of sp³-hybridized carbons (Fsp3) is 0.130. The molecule has 3 aromatic rings. The lowest BCUT2D eigenvalue weighted by molar-refractivity contribution is -0.119. The molecule has 0 spiro atoms. The van der Waals surface area contributed by atoms with Gasteiger partial charge in [0.25, 0.3) is 5.91 Å². The maximum atomic E-state index is 14.4. The number of carbonyl (C=O) groups is 2. The molecule has 0 atom stereocenters. The van der Waals surface area contributed by atoms with Gasteiger partial charge in [0.05, 0.1) is 5.56 Å². The van der Waals surface area contributed by atoms with E-state index in [9.17, 15) is 18.4 Å². The molecule has 0 heterocycles. The van der Waals surface area contributed by atoms with Gasteiger partial charge in [-0.15, -0.1) is 0 Å². The van der Waals surface area contributed by atoms with Gasteiger partial charge < -0.3 is 15.8 Å². The van der Waals surface area contributed by atoms with Gasteiger partial charge >= 0.3 is 0 Å². The molecule has 8 heteroatoms. The van der Waals surface area contributed by atoms with Crippen LogP contribution in [-0.4, -0.2) is 11.8 Å². The number of carbonyl (C=O) groups excluding carboxylic acids is 2. The highest BCUT2D eigenvalue weighted by molar-refractivity contribution is 14.1. The van der Waals surface area contributed by atoms with Crippen molar-refractivity contribution in [3.05, 3.63) is 92.1 Å². The molecule has 3 rings (SSSR count). The zero-order valence-corrected chi connectivity index (χ0v) is 18.7. The summed E-state index contributed by atoms with van der Waals surface area (Å²) in [7, 11) is 0. The summed E-state index contributed by atoms with van der Waals surface area (Å²) in [5.41, 5.74) is 6.82. The highest BCUT2D eigenvalue weighted by Gasteiger charge is 2.19. The summed E-state index contributed by atoms with van der Waals surface area (Å²) < 4.78 is 35.2. The predicted molar refractivity (Wildman–Crippen MR) is 121 cm³/mol. The van der Waals surface area contributed by atoms with E-state index >= 15 is 0 Å². The first-order valence-electron chi connectivity index (χ1n) is 9.30. The first-order valence-corrected chi connectivity index (χ1v) is 10.4. The van der Waals surface area contributed by atoms with E-state index in [0.29, 0.717) is 11.3 Å². The maximum Gasteiger partial charge on any atom is 0.252 e. The molecule has 0 saturated carbocycles. The molecule has 5 nitrogen and oxygen atoms in total. The average Bonchev–Trinajstić information content (AvgIpc) is 2.68. The van der Waals surface area contributed by atoms with E-state index in [-0.39, 0.29) is 35.7 Å². The third kappa shape index (κ3) is 6.00. The van der Waals surface area contributed by atoms with Crippen molar-refractivity contribution in [1.82, 2.24) is 5.32 Å². The lowest BCUT2D eigenvalue weighted by atomic mass is 9.98. The molecule has 3 aromatic carbocycles. The molecule has 0 aromatic heterocycles. The molecule has 0 saturated heterocycles. The van der Waals surface area contributed by atoms with Gasteiger partial charge in [-0.3, -0.25) is 9.59 Å². The summed E-state index contributed by atoms with van der Waals surface area (Å²) in [6.07, 6.45) is -0.0300. The van der Waals surface area contributed by atoms with Crippen molar-refractivity contribution in [1.29, 1.82) is 0 Å². The van der Waals surface area contributed by atoms with E-state index < -0.39 is 17.5 Å². The van der Waals surface area contributed by atoms with Crippen LogP contribution >= 0.6 is 22.6 Å². The standard InChI is InChI=1S/C23H19F2IN2O3/c1-13(29)28-12-14-3-2-4-19(7-14)31-21-10-17(24)9-16(22(21)23(27)30)8-15-5-6-18(26)11-20(15)25/h2-7,9-11H,8,12H2,1H3,(H2,27,30)(H,28,29). The van der Waals surface area contributed by atoms with Crippen molar-refractivity contribution in [3.63, 3.8) is 0 Å². The normalized spacial score (nSPS) is 10.6. The van der Waals surface area contributed by atoms with Crippen molar-refractivity contribution in [3.8, 4) is 11.5 Å². The largest absolute Gasteiger partial charge is 0.456 e. The number of rotatable bonds is 7. The molecule has 0 aliphatic carbocycles. The molecule has 0 aliphatic heterocycles. The Bertz CT molecular complexity index is 1150. The zero-order valence-electron chi connectivity index (χ0n) is 16.5. The topological polar surface area (TPSA) is 81.4 Å². The van der Waals surface area contributed by atoms with Crippen LogP contribution < -0.4 is 15.8 Å². The van der Waals surface area contributed by atoms with Crippen molar-refractivity contribution >= 4 is 34.4 Å². The summed E-state index contributed by atoms with van der Waals surface area (Å²) >= 11 is 1.99. The average molecular weight is 536 g/mol. The Hall–Kier alpha value is -3.01. The number of hydrogen-bond acceptors (Lipinski definition) is 3. The Kier molecular flexibility index (Phi) is 7.21. The maximum absolute atomic E-state index is 14.4. The minimum atomic E-state index is -0.815. The summed E-state index contributed by atoms with van der Waals surface area (Å²) in [4.78, 5) is 23.3. The van der Waals surface area contributed by atoms with Crippen LogP contribution in [0.15, 0.2) is 54.6 Å². The van der Waals surface area contributed by atoms with E-state index in [2.05, 4.69) is 5.32 Å². The smallest absolute Gasteiger partial charge is 0.252 e. The number of ether oxygens (including phenoxy) is 1. The lowest BCUT2D eigenvalue weighted by Crippen LogP contribution is -2.18. The summed E-state index contributed by atoms with van der Waals surface area (Å²) in [6, 6.07) is 13.7. The number of benzene rings is 3. The molecule has 0 radical (unpaired) electrons. The molecule has 0 aliphatic rings. The molecule has 31 heavy (non-hydrogen) atoms. The summed E-state index contributed by atoms with van der Waals surface area (Å²) in [6.45, 7) is 1.69. The van der Waals surface area contributed by atoms with Crippen LogP contribution in [0.3, 0.4) is 0 Å². The molecular weight excluding hydrogens is 517 g/mol. The Morgan fingerprint density at radius 2 is 1.84 bits per heavy atom. The zero-order chi connectivity index (χ0) is 22.5. The number of halogens is 3. The molecular formula is C23H19F2IN2O3. The van der Waals surface area contributed by atoms with E-state index in [1.54, 1.807) is 36.4 Å². The molecule has 0 fully saturated rings. The number of nitrogens with one attached hydrogen (secondary N) is 1. The Labute approximate surface area is 191 Å². The van der Waals surface area contributed by atoms with Crippen LogP contribution in [0.4, 0.5) is 8.78 Å². The minimum Gasteiger partial charge on any atom is -0.456 e. The van der Waals surface area contributed by atoms with Crippen LogP contribution in [-0.2, 0) is 17.8 Å². The van der Waals surface area contributed by atoms with Gasteiger partial charge in [0.2, 0.25) is 5.91 Å². The third-order valence-corrected chi connectivity index (χ3v) is 5.13. The highest BCUT2D eigenvalue weighted by Crippen LogP contribution is 2.31. The highest BCUT2D eigenvalue weighted by atomic mass is 127. The van der Waals surface area contributed by atoms with Gasteiger partial charge in [0, 0.05) is 29.5 Å². The number of nitrogens with two attached hydrogens (primary N) is 1. The Morgan fingerprint density at radius 3 is 2.52 bits per heavy atom. The second-order valence-corrected chi connectivity index (χ2v) is 8.12. The quantitative estimate of drug-likeness (QED) is 0.431. The fourth-order valence-electron chi connectivity index (χ4n) is 3.08. The van der Waals surface area contributed by atoms with Crippen LogP contribution in [0, 0.1) is 15.2 Å². The van der Waals surface area contributed by atoms with Gasteiger partial charge in [-0.25, -0.2) is 8.78 Å². The van der Waals surface area contributed by atoms with Crippen molar-refractivity contribution in [2.24, 2.45) is 5.73 Å². The molecule has 0 unspecified atom stereocenters. The number of amides is 2. The summed E-state index contributed by atoms with van der Waals surface area (Å²) in [5.74, 6) is -1.83. The van der Waals surface area contributed by atoms with E-state index in [1.807, 2.05) is 22.6 Å². The van der Waals surface area contributed by atoms with Crippen molar-refractivity contribution < 1.29 is 23.1 Å². The van der Waals surface area contributed by atoms with Crippen molar-refractivity contribution in [2.75, 3.05) is 0 Å². The monoisotopic (exact) mass is 536 g/mol. The van der Waals surface area contributed by atoms with E-state index in [0.717, 1.165) is 21.3 Å². The lowest BCUT2D eigenvalue weighted by Gasteiger charge is -2.15. The fourth-order valence-corrected chi connectivity index (χ4v) is 3.53. The summed E-state index contributed by atoms with van der Waals surface area (Å²) in [5, 5.41) is 2.67.